The summed E-state index contributed by atoms with van der Waals surface area (Å²) in [4.78, 5) is 0. The topological polar surface area (TPSA) is 26.0 Å². The highest BCUT2D eigenvalue weighted by Crippen LogP contribution is 2.23. The number of hydrogen-bond acceptors (Lipinski definition) is 1. The Hall–Kier alpha value is -1.33. The van der Waals surface area contributed by atoms with Gasteiger partial charge in [-0.3, -0.25) is 0 Å². The van der Waals surface area contributed by atoms with Crippen LogP contribution in [0.4, 0.5) is 13.2 Å². The highest BCUT2D eigenvalue weighted by molar-refractivity contribution is 9.10. The average molecular weight is 330 g/mol. The fourth-order valence-corrected chi connectivity index (χ4v) is 2.26. The molecule has 2 aromatic carbocycles. The second-order valence-electron chi connectivity index (χ2n) is 4.22. The van der Waals surface area contributed by atoms with Crippen LogP contribution in [-0.4, -0.2) is 0 Å². The summed E-state index contributed by atoms with van der Waals surface area (Å²) in [6, 6.07) is 6.93. The molecule has 5 heteroatoms. The predicted octanol–water partition coefficient (Wildman–Crippen LogP) is 4.11. The van der Waals surface area contributed by atoms with Gasteiger partial charge in [0.15, 0.2) is 0 Å². The Morgan fingerprint density at radius 2 is 1.68 bits per heavy atom. The van der Waals surface area contributed by atoms with Crippen LogP contribution in [0.2, 0.25) is 0 Å². The van der Waals surface area contributed by atoms with Gasteiger partial charge in [0.2, 0.25) is 0 Å². The Bertz CT molecular complexity index is 601. The second-order valence-corrected chi connectivity index (χ2v) is 5.08. The Labute approximate surface area is 117 Å². The number of nitrogens with two attached hydrogens (primary N) is 1. The standard InChI is InChI=1S/C14H11BrF3N/c15-11-5-8(1-3-13(11)18)6-14(19)10-7-9(16)2-4-12(10)17/h1-5,7,14H,6,19H2. The van der Waals surface area contributed by atoms with Crippen molar-refractivity contribution in [2.75, 3.05) is 0 Å². The van der Waals surface area contributed by atoms with Crippen LogP contribution < -0.4 is 5.73 Å². The molecule has 1 atom stereocenters. The van der Waals surface area contributed by atoms with E-state index >= 15 is 0 Å². The van der Waals surface area contributed by atoms with Gasteiger partial charge in [0, 0.05) is 11.6 Å². The van der Waals surface area contributed by atoms with E-state index < -0.39 is 17.7 Å². The van der Waals surface area contributed by atoms with E-state index in [-0.39, 0.29) is 11.4 Å². The number of hydrogen-bond donors (Lipinski definition) is 1. The van der Waals surface area contributed by atoms with Crippen LogP contribution in [0.3, 0.4) is 0 Å². The summed E-state index contributed by atoms with van der Waals surface area (Å²) in [5, 5.41) is 0. The zero-order valence-corrected chi connectivity index (χ0v) is 11.4. The molecule has 100 valence electrons. The Morgan fingerprint density at radius 1 is 1.00 bits per heavy atom. The molecule has 0 bridgehead atoms. The minimum atomic E-state index is -0.687. The van der Waals surface area contributed by atoms with Gasteiger partial charge < -0.3 is 5.73 Å². The van der Waals surface area contributed by atoms with E-state index in [1.807, 2.05) is 0 Å². The van der Waals surface area contributed by atoms with Crippen molar-refractivity contribution in [2.45, 2.75) is 12.5 Å². The quantitative estimate of drug-likeness (QED) is 0.901. The van der Waals surface area contributed by atoms with E-state index in [1.54, 1.807) is 12.1 Å². The zero-order valence-electron chi connectivity index (χ0n) is 9.84. The molecule has 2 aromatic rings. The normalized spacial score (nSPS) is 12.5. The lowest BCUT2D eigenvalue weighted by Crippen LogP contribution is -2.15. The molecule has 0 heterocycles. The Morgan fingerprint density at radius 3 is 2.37 bits per heavy atom. The van der Waals surface area contributed by atoms with Gasteiger partial charge in [-0.05, 0) is 58.2 Å². The molecule has 0 saturated heterocycles. The Balaban J connectivity index is 2.22. The first-order chi connectivity index (χ1) is 8.97. The van der Waals surface area contributed by atoms with Crippen LogP contribution in [0.15, 0.2) is 40.9 Å². The van der Waals surface area contributed by atoms with E-state index in [2.05, 4.69) is 15.9 Å². The highest BCUT2D eigenvalue weighted by Gasteiger charge is 2.14. The molecular weight excluding hydrogens is 319 g/mol. The second kappa shape index (κ2) is 5.75. The molecule has 0 aliphatic rings. The first-order valence-corrected chi connectivity index (χ1v) is 6.41. The van der Waals surface area contributed by atoms with E-state index in [0.717, 1.165) is 23.8 Å². The van der Waals surface area contributed by atoms with Crippen molar-refractivity contribution in [3.05, 3.63) is 69.4 Å². The number of benzene rings is 2. The minimum Gasteiger partial charge on any atom is -0.324 e. The SMILES string of the molecule is NC(Cc1ccc(F)c(Br)c1)c1cc(F)ccc1F. The van der Waals surface area contributed by atoms with Crippen LogP contribution in [0, 0.1) is 17.5 Å². The fraction of sp³-hybridized carbons (Fsp3) is 0.143. The van der Waals surface area contributed by atoms with Gasteiger partial charge in [-0.15, -0.1) is 0 Å². The zero-order chi connectivity index (χ0) is 14.0. The highest BCUT2D eigenvalue weighted by atomic mass is 79.9. The van der Waals surface area contributed by atoms with Crippen LogP contribution in [0.25, 0.3) is 0 Å². The molecule has 0 aliphatic carbocycles. The lowest BCUT2D eigenvalue weighted by atomic mass is 9.99. The fourth-order valence-electron chi connectivity index (χ4n) is 1.83. The van der Waals surface area contributed by atoms with Crippen molar-refractivity contribution < 1.29 is 13.2 Å². The summed E-state index contributed by atoms with van der Waals surface area (Å²) >= 11 is 3.07. The first-order valence-electron chi connectivity index (χ1n) is 5.62. The van der Waals surface area contributed by atoms with Gasteiger partial charge >= 0.3 is 0 Å². The third kappa shape index (κ3) is 3.36. The van der Waals surface area contributed by atoms with Crippen molar-refractivity contribution in [2.24, 2.45) is 5.73 Å². The maximum absolute atomic E-state index is 13.6. The molecule has 2 rings (SSSR count). The van der Waals surface area contributed by atoms with E-state index in [1.165, 1.54) is 6.07 Å². The maximum Gasteiger partial charge on any atom is 0.137 e. The number of halogens is 4. The molecule has 0 aliphatic heterocycles. The van der Waals surface area contributed by atoms with Crippen molar-refractivity contribution in [1.29, 1.82) is 0 Å². The summed E-state index contributed by atoms with van der Waals surface area (Å²) < 4.78 is 40.0. The van der Waals surface area contributed by atoms with Crippen LogP contribution in [0.5, 0.6) is 0 Å². The summed E-state index contributed by atoms with van der Waals surface area (Å²) in [6.45, 7) is 0. The summed E-state index contributed by atoms with van der Waals surface area (Å²) in [7, 11) is 0. The monoisotopic (exact) mass is 329 g/mol. The largest absolute Gasteiger partial charge is 0.324 e. The summed E-state index contributed by atoms with van der Waals surface area (Å²) in [5.74, 6) is -1.46. The lowest BCUT2D eigenvalue weighted by Gasteiger charge is -2.13. The van der Waals surface area contributed by atoms with Crippen molar-refractivity contribution in [1.82, 2.24) is 0 Å². The number of rotatable bonds is 3. The lowest BCUT2D eigenvalue weighted by molar-refractivity contribution is 0.560. The maximum atomic E-state index is 13.6. The molecule has 0 spiro atoms. The van der Waals surface area contributed by atoms with Crippen molar-refractivity contribution >= 4 is 15.9 Å². The first kappa shape index (κ1) is 14.1. The van der Waals surface area contributed by atoms with E-state index in [9.17, 15) is 13.2 Å². The third-order valence-corrected chi connectivity index (χ3v) is 3.40. The predicted molar refractivity (Wildman–Crippen MR) is 71.1 cm³/mol. The van der Waals surface area contributed by atoms with Crippen molar-refractivity contribution in [3.63, 3.8) is 0 Å². The molecule has 0 saturated carbocycles. The van der Waals surface area contributed by atoms with E-state index in [4.69, 9.17) is 5.73 Å². The summed E-state index contributed by atoms with van der Waals surface area (Å²) in [5.41, 5.74) is 6.72. The van der Waals surface area contributed by atoms with Gasteiger partial charge in [0.25, 0.3) is 0 Å². The molecular formula is C14H11BrF3N. The average Bonchev–Trinajstić information content (AvgIpc) is 2.36. The van der Waals surface area contributed by atoms with Gasteiger partial charge in [0.1, 0.15) is 17.5 Å². The third-order valence-electron chi connectivity index (χ3n) is 2.80. The molecule has 19 heavy (non-hydrogen) atoms. The van der Waals surface area contributed by atoms with E-state index in [0.29, 0.717) is 10.9 Å². The molecule has 0 amide bonds. The smallest absolute Gasteiger partial charge is 0.137 e. The molecule has 0 aromatic heterocycles. The Kier molecular flexibility index (Phi) is 4.27. The molecule has 0 radical (unpaired) electrons. The van der Waals surface area contributed by atoms with Crippen LogP contribution >= 0.6 is 15.9 Å². The molecule has 1 nitrogen and oxygen atoms in total. The van der Waals surface area contributed by atoms with Crippen molar-refractivity contribution in [3.8, 4) is 0 Å². The minimum absolute atomic E-state index is 0.112. The molecule has 2 N–H and O–H groups in total. The van der Waals surface area contributed by atoms with Gasteiger partial charge in [-0.2, -0.15) is 0 Å². The molecule has 1 unspecified atom stereocenters. The van der Waals surface area contributed by atoms with Gasteiger partial charge in [-0.1, -0.05) is 6.07 Å². The molecule has 0 fully saturated rings. The van der Waals surface area contributed by atoms with Gasteiger partial charge in [-0.25, -0.2) is 13.2 Å². The van der Waals surface area contributed by atoms with Gasteiger partial charge in [0.05, 0.1) is 4.47 Å². The van der Waals surface area contributed by atoms with Crippen LogP contribution in [-0.2, 0) is 6.42 Å². The summed E-state index contributed by atoms with van der Waals surface area (Å²) in [6.07, 6.45) is 0.291. The van der Waals surface area contributed by atoms with Crippen LogP contribution in [0.1, 0.15) is 17.2 Å².